The van der Waals surface area contributed by atoms with Crippen LogP contribution in [0.25, 0.3) is 0 Å². The largest absolute Gasteiger partial charge is 0.480 e. The number of methoxy groups -OCH3 is 1. The van der Waals surface area contributed by atoms with Crippen LogP contribution in [0.4, 0.5) is 4.79 Å². The molecule has 7 heteroatoms. The predicted molar refractivity (Wildman–Crippen MR) is 60.9 cm³/mol. The molecular weight excluding hydrogens is 228 g/mol. The van der Waals surface area contributed by atoms with Gasteiger partial charge in [-0.05, 0) is 13.8 Å². The Morgan fingerprint density at radius 1 is 1.29 bits per heavy atom. The van der Waals surface area contributed by atoms with Crippen molar-refractivity contribution in [3.8, 4) is 0 Å². The van der Waals surface area contributed by atoms with E-state index in [1.807, 2.05) is 6.92 Å². The standard InChI is InChI=1S/C10H20N2O5/c1-4-17-5-7(2)11-10(15)12-8(6-16-3)9(13)14/h7-8H,4-6H2,1-3H3,(H,13,14)(H2,11,12,15). The van der Waals surface area contributed by atoms with Gasteiger partial charge in [-0.1, -0.05) is 0 Å². The number of rotatable bonds is 8. The first-order chi connectivity index (χ1) is 8.01. The van der Waals surface area contributed by atoms with Gasteiger partial charge in [-0.15, -0.1) is 0 Å². The third-order valence-corrected chi connectivity index (χ3v) is 1.89. The minimum Gasteiger partial charge on any atom is -0.480 e. The Morgan fingerprint density at radius 2 is 1.94 bits per heavy atom. The maximum absolute atomic E-state index is 11.4. The van der Waals surface area contributed by atoms with Crippen LogP contribution in [-0.4, -0.2) is 56.1 Å². The third-order valence-electron chi connectivity index (χ3n) is 1.89. The number of carboxylic acids is 1. The minimum absolute atomic E-state index is 0.0808. The molecule has 7 nitrogen and oxygen atoms in total. The Morgan fingerprint density at radius 3 is 2.41 bits per heavy atom. The van der Waals surface area contributed by atoms with Crippen LogP contribution in [-0.2, 0) is 14.3 Å². The average molecular weight is 248 g/mol. The molecule has 0 aromatic heterocycles. The Bertz CT molecular complexity index is 247. The molecule has 2 unspecified atom stereocenters. The van der Waals surface area contributed by atoms with E-state index in [4.69, 9.17) is 9.84 Å². The Hall–Kier alpha value is -1.34. The van der Waals surface area contributed by atoms with Gasteiger partial charge in [0.2, 0.25) is 0 Å². The van der Waals surface area contributed by atoms with Gasteiger partial charge in [0.1, 0.15) is 0 Å². The lowest BCUT2D eigenvalue weighted by Crippen LogP contribution is -2.50. The first-order valence-electron chi connectivity index (χ1n) is 5.37. The van der Waals surface area contributed by atoms with Crippen LogP contribution < -0.4 is 10.6 Å². The van der Waals surface area contributed by atoms with Gasteiger partial charge >= 0.3 is 12.0 Å². The fourth-order valence-corrected chi connectivity index (χ4v) is 1.10. The van der Waals surface area contributed by atoms with Crippen molar-refractivity contribution in [1.29, 1.82) is 0 Å². The SMILES string of the molecule is CCOCC(C)NC(=O)NC(COC)C(=O)O. The summed E-state index contributed by atoms with van der Waals surface area (Å²) in [5.41, 5.74) is 0. The van der Waals surface area contributed by atoms with Gasteiger partial charge < -0.3 is 25.2 Å². The number of amides is 2. The number of carboxylic acid groups (broad SMARTS) is 1. The number of urea groups is 1. The lowest BCUT2D eigenvalue weighted by molar-refractivity contribution is -0.140. The average Bonchev–Trinajstić information content (AvgIpc) is 2.25. The molecule has 0 aromatic carbocycles. The van der Waals surface area contributed by atoms with Crippen LogP contribution in [0, 0.1) is 0 Å². The van der Waals surface area contributed by atoms with Crippen LogP contribution in [0.15, 0.2) is 0 Å². The third kappa shape index (κ3) is 7.53. The van der Waals surface area contributed by atoms with E-state index in [-0.39, 0.29) is 12.6 Å². The number of carbonyl (C=O) groups excluding carboxylic acids is 1. The van der Waals surface area contributed by atoms with Crippen molar-refractivity contribution in [3.05, 3.63) is 0 Å². The summed E-state index contributed by atoms with van der Waals surface area (Å²) in [6.45, 7) is 4.48. The Balaban J connectivity index is 4.00. The second-order valence-corrected chi connectivity index (χ2v) is 3.52. The van der Waals surface area contributed by atoms with Crippen LogP contribution in [0.1, 0.15) is 13.8 Å². The molecule has 0 aliphatic carbocycles. The summed E-state index contributed by atoms with van der Waals surface area (Å²) in [6.07, 6.45) is 0. The van der Waals surface area contributed by atoms with Crippen molar-refractivity contribution in [2.75, 3.05) is 26.9 Å². The van der Waals surface area contributed by atoms with E-state index in [9.17, 15) is 9.59 Å². The zero-order chi connectivity index (χ0) is 13.3. The van der Waals surface area contributed by atoms with Crippen molar-refractivity contribution in [2.24, 2.45) is 0 Å². The quantitative estimate of drug-likeness (QED) is 0.553. The van der Waals surface area contributed by atoms with Gasteiger partial charge in [0, 0.05) is 13.7 Å². The van der Waals surface area contributed by atoms with Crippen molar-refractivity contribution in [2.45, 2.75) is 25.9 Å². The number of carbonyl (C=O) groups is 2. The fraction of sp³-hybridized carbons (Fsp3) is 0.800. The van der Waals surface area contributed by atoms with E-state index in [0.29, 0.717) is 13.2 Å². The molecule has 2 atom stereocenters. The van der Waals surface area contributed by atoms with Crippen LogP contribution in [0.3, 0.4) is 0 Å². The van der Waals surface area contributed by atoms with Crippen molar-refractivity contribution in [1.82, 2.24) is 10.6 Å². The zero-order valence-corrected chi connectivity index (χ0v) is 10.4. The molecule has 0 bridgehead atoms. The maximum atomic E-state index is 11.4. The molecule has 2 amide bonds. The van der Waals surface area contributed by atoms with Gasteiger partial charge in [0.05, 0.1) is 19.3 Å². The summed E-state index contributed by atoms with van der Waals surface area (Å²) in [5, 5.41) is 13.6. The smallest absolute Gasteiger partial charge is 0.328 e. The molecule has 0 rings (SSSR count). The van der Waals surface area contributed by atoms with E-state index >= 15 is 0 Å². The second-order valence-electron chi connectivity index (χ2n) is 3.52. The first-order valence-corrected chi connectivity index (χ1v) is 5.37. The van der Waals surface area contributed by atoms with Gasteiger partial charge in [-0.3, -0.25) is 0 Å². The van der Waals surface area contributed by atoms with Crippen molar-refractivity contribution < 1.29 is 24.2 Å². The number of ether oxygens (including phenoxy) is 2. The highest BCUT2D eigenvalue weighted by Gasteiger charge is 2.20. The van der Waals surface area contributed by atoms with E-state index in [1.165, 1.54) is 7.11 Å². The molecule has 0 saturated carbocycles. The summed E-state index contributed by atoms with van der Waals surface area (Å²) >= 11 is 0. The number of hydrogen-bond acceptors (Lipinski definition) is 4. The maximum Gasteiger partial charge on any atom is 0.328 e. The van der Waals surface area contributed by atoms with Crippen LogP contribution in [0.5, 0.6) is 0 Å². The van der Waals surface area contributed by atoms with Gasteiger partial charge in [0.25, 0.3) is 0 Å². The molecule has 0 aliphatic rings. The lowest BCUT2D eigenvalue weighted by atomic mass is 10.3. The van der Waals surface area contributed by atoms with E-state index in [1.54, 1.807) is 6.92 Å². The van der Waals surface area contributed by atoms with Crippen LogP contribution in [0.2, 0.25) is 0 Å². The second kappa shape index (κ2) is 8.77. The summed E-state index contributed by atoms with van der Waals surface area (Å²) in [5.74, 6) is -1.14. The molecule has 0 saturated heterocycles. The molecule has 0 radical (unpaired) electrons. The van der Waals surface area contributed by atoms with E-state index in [0.717, 1.165) is 0 Å². The highest BCUT2D eigenvalue weighted by Crippen LogP contribution is 1.88. The highest BCUT2D eigenvalue weighted by molar-refractivity contribution is 5.82. The van der Waals surface area contributed by atoms with E-state index in [2.05, 4.69) is 15.4 Å². The van der Waals surface area contributed by atoms with Gasteiger partial charge in [0.15, 0.2) is 6.04 Å². The summed E-state index contributed by atoms with van der Waals surface area (Å²) in [7, 11) is 1.37. The molecule has 0 aromatic rings. The number of hydrogen-bond donors (Lipinski definition) is 3. The highest BCUT2D eigenvalue weighted by atomic mass is 16.5. The molecule has 0 spiro atoms. The Kier molecular flexibility index (Phi) is 8.08. The topological polar surface area (TPSA) is 96.9 Å². The number of nitrogens with one attached hydrogen (secondary N) is 2. The molecule has 0 aliphatic heterocycles. The normalized spacial score (nSPS) is 13.8. The first kappa shape index (κ1) is 15.7. The van der Waals surface area contributed by atoms with Gasteiger partial charge in [-0.25, -0.2) is 9.59 Å². The molecule has 17 heavy (non-hydrogen) atoms. The lowest BCUT2D eigenvalue weighted by Gasteiger charge is -2.17. The fourth-order valence-electron chi connectivity index (χ4n) is 1.10. The minimum atomic E-state index is -1.14. The number of aliphatic carboxylic acids is 1. The summed E-state index contributed by atoms with van der Waals surface area (Å²) in [4.78, 5) is 22.1. The summed E-state index contributed by atoms with van der Waals surface area (Å²) in [6, 6.07) is -1.80. The molecular formula is C10H20N2O5. The predicted octanol–water partition coefficient (Wildman–Crippen LogP) is -0.190. The Labute approximate surface area is 100 Å². The monoisotopic (exact) mass is 248 g/mol. The van der Waals surface area contributed by atoms with E-state index < -0.39 is 18.0 Å². The van der Waals surface area contributed by atoms with Crippen molar-refractivity contribution in [3.63, 3.8) is 0 Å². The molecule has 100 valence electrons. The summed E-state index contributed by atoms with van der Waals surface area (Å²) < 4.78 is 9.80. The van der Waals surface area contributed by atoms with Crippen molar-refractivity contribution >= 4 is 12.0 Å². The molecule has 0 heterocycles. The van der Waals surface area contributed by atoms with Gasteiger partial charge in [-0.2, -0.15) is 0 Å². The van der Waals surface area contributed by atoms with Crippen LogP contribution >= 0.6 is 0 Å². The molecule has 0 fully saturated rings. The zero-order valence-electron chi connectivity index (χ0n) is 10.4. The molecule has 3 N–H and O–H groups in total.